The maximum absolute atomic E-state index is 9.20. The van der Waals surface area contributed by atoms with E-state index in [1.807, 2.05) is 37.3 Å². The van der Waals surface area contributed by atoms with Gasteiger partial charge in [-0.1, -0.05) is 60.5 Å². The molecule has 1 nitrogen and oxygen atoms in total. The summed E-state index contributed by atoms with van der Waals surface area (Å²) in [6, 6.07) is 11.7. The van der Waals surface area contributed by atoms with Crippen molar-refractivity contribution in [3.8, 4) is 6.07 Å². The SMILES string of the molecule is CC1C(Cl)(Cl)C1(C#N)c1ccccc1. The minimum absolute atomic E-state index is 0.0225. The van der Waals surface area contributed by atoms with Gasteiger partial charge in [0.05, 0.1) is 6.07 Å². The highest BCUT2D eigenvalue weighted by atomic mass is 35.5. The van der Waals surface area contributed by atoms with Crippen LogP contribution in [0.15, 0.2) is 30.3 Å². The lowest BCUT2D eigenvalue weighted by Crippen LogP contribution is -2.12. The number of nitrogens with zero attached hydrogens (tertiary/aromatic N) is 1. The largest absolute Gasteiger partial charge is 0.197 e. The van der Waals surface area contributed by atoms with Gasteiger partial charge in [-0.2, -0.15) is 5.26 Å². The fraction of sp³-hybridized carbons (Fsp3) is 0.364. The highest BCUT2D eigenvalue weighted by molar-refractivity contribution is 6.53. The molecule has 0 aliphatic heterocycles. The molecule has 1 saturated carbocycles. The van der Waals surface area contributed by atoms with Gasteiger partial charge in [-0.05, 0) is 5.56 Å². The lowest BCUT2D eigenvalue weighted by Gasteiger charge is -2.08. The summed E-state index contributed by atoms with van der Waals surface area (Å²) in [7, 11) is 0. The summed E-state index contributed by atoms with van der Waals surface area (Å²) in [6.07, 6.45) is 0. The van der Waals surface area contributed by atoms with Gasteiger partial charge in [-0.3, -0.25) is 0 Å². The van der Waals surface area contributed by atoms with Crippen LogP contribution in [0.1, 0.15) is 12.5 Å². The summed E-state index contributed by atoms with van der Waals surface area (Å²) in [4.78, 5) is 0. The van der Waals surface area contributed by atoms with Crippen LogP contribution in [-0.2, 0) is 5.41 Å². The van der Waals surface area contributed by atoms with Crippen molar-refractivity contribution in [2.24, 2.45) is 5.92 Å². The summed E-state index contributed by atoms with van der Waals surface area (Å²) in [5.41, 5.74) is 0.178. The molecule has 2 rings (SSSR count). The number of benzene rings is 1. The van der Waals surface area contributed by atoms with E-state index in [1.54, 1.807) is 0 Å². The van der Waals surface area contributed by atoms with Crippen molar-refractivity contribution < 1.29 is 0 Å². The van der Waals surface area contributed by atoms with E-state index in [9.17, 15) is 5.26 Å². The molecule has 0 aromatic heterocycles. The quantitative estimate of drug-likeness (QED) is 0.674. The smallest absolute Gasteiger partial charge is 0.145 e. The molecule has 0 radical (unpaired) electrons. The third-order valence-electron chi connectivity index (χ3n) is 3.04. The van der Waals surface area contributed by atoms with E-state index in [2.05, 4.69) is 6.07 Å². The predicted octanol–water partition coefficient (Wildman–Crippen LogP) is 3.27. The highest BCUT2D eigenvalue weighted by Gasteiger charge is 2.75. The Balaban J connectivity index is 2.50. The number of hydrogen-bond donors (Lipinski definition) is 0. The van der Waals surface area contributed by atoms with Crippen LogP contribution in [0.4, 0.5) is 0 Å². The van der Waals surface area contributed by atoms with Crippen LogP contribution in [0.2, 0.25) is 0 Å². The van der Waals surface area contributed by atoms with Crippen molar-refractivity contribution in [3.63, 3.8) is 0 Å². The molecule has 72 valence electrons. The first kappa shape index (κ1) is 9.83. The van der Waals surface area contributed by atoms with E-state index in [-0.39, 0.29) is 5.92 Å². The summed E-state index contributed by atoms with van der Waals surface area (Å²) in [5.74, 6) is -0.0225. The first-order valence-corrected chi connectivity index (χ1v) is 5.17. The van der Waals surface area contributed by atoms with Gasteiger partial charge < -0.3 is 0 Å². The molecule has 1 aromatic rings. The van der Waals surface area contributed by atoms with Gasteiger partial charge >= 0.3 is 0 Å². The number of halogens is 2. The van der Waals surface area contributed by atoms with Crippen molar-refractivity contribution in [2.75, 3.05) is 0 Å². The molecule has 0 spiro atoms. The van der Waals surface area contributed by atoms with Crippen LogP contribution >= 0.6 is 23.2 Å². The molecule has 2 unspecified atom stereocenters. The molecular formula is C11H9Cl2N. The van der Waals surface area contributed by atoms with Crippen molar-refractivity contribution >= 4 is 23.2 Å². The predicted molar refractivity (Wildman–Crippen MR) is 57.3 cm³/mol. The van der Waals surface area contributed by atoms with Crippen LogP contribution in [-0.4, -0.2) is 4.33 Å². The molecular weight excluding hydrogens is 217 g/mol. The highest BCUT2D eigenvalue weighted by Crippen LogP contribution is 2.69. The minimum atomic E-state index is -0.941. The molecule has 2 atom stereocenters. The third-order valence-corrected chi connectivity index (χ3v) is 4.29. The van der Waals surface area contributed by atoms with Crippen LogP contribution < -0.4 is 0 Å². The van der Waals surface area contributed by atoms with Gasteiger partial charge in [-0.15, -0.1) is 0 Å². The number of rotatable bonds is 1. The van der Waals surface area contributed by atoms with E-state index < -0.39 is 9.75 Å². The van der Waals surface area contributed by atoms with E-state index >= 15 is 0 Å². The molecule has 1 aliphatic carbocycles. The number of alkyl halides is 2. The van der Waals surface area contributed by atoms with Gasteiger partial charge in [0.1, 0.15) is 9.75 Å². The zero-order chi connectivity index (χ0) is 10.4. The van der Waals surface area contributed by atoms with Gasteiger partial charge in [0, 0.05) is 5.92 Å². The Hall–Kier alpha value is -0.710. The Morgan fingerprint density at radius 3 is 2.14 bits per heavy atom. The molecule has 0 N–H and O–H groups in total. The van der Waals surface area contributed by atoms with E-state index in [1.165, 1.54) is 0 Å². The maximum atomic E-state index is 9.20. The molecule has 3 heteroatoms. The second-order valence-corrected chi connectivity index (χ2v) is 5.02. The summed E-state index contributed by atoms with van der Waals surface area (Å²) in [5, 5.41) is 9.20. The van der Waals surface area contributed by atoms with Gasteiger partial charge in [0.2, 0.25) is 0 Å². The van der Waals surface area contributed by atoms with E-state index in [0.29, 0.717) is 0 Å². The average Bonchev–Trinajstić information content (AvgIpc) is 2.64. The van der Waals surface area contributed by atoms with E-state index in [4.69, 9.17) is 23.2 Å². The Kier molecular flexibility index (Phi) is 2.03. The molecule has 1 aromatic carbocycles. The number of hydrogen-bond acceptors (Lipinski definition) is 1. The molecule has 14 heavy (non-hydrogen) atoms. The van der Waals surface area contributed by atoms with Gasteiger partial charge in [-0.25, -0.2) is 0 Å². The standard InChI is InChI=1S/C11H9Cl2N/c1-8-10(7-14,11(8,12)13)9-5-3-2-4-6-9/h2-6,8H,1H3. The summed E-state index contributed by atoms with van der Waals surface area (Å²) in [6.45, 7) is 1.90. The molecule has 0 heterocycles. The maximum Gasteiger partial charge on any atom is 0.145 e. The fourth-order valence-electron chi connectivity index (χ4n) is 1.95. The first-order valence-electron chi connectivity index (χ1n) is 4.42. The van der Waals surface area contributed by atoms with Crippen molar-refractivity contribution in [3.05, 3.63) is 35.9 Å². The zero-order valence-electron chi connectivity index (χ0n) is 7.67. The summed E-state index contributed by atoms with van der Waals surface area (Å²) < 4.78 is -0.941. The topological polar surface area (TPSA) is 23.8 Å². The van der Waals surface area contributed by atoms with Gasteiger partial charge in [0.25, 0.3) is 0 Å². The van der Waals surface area contributed by atoms with Crippen LogP contribution in [0.5, 0.6) is 0 Å². The van der Waals surface area contributed by atoms with E-state index in [0.717, 1.165) is 5.56 Å². The number of nitriles is 1. The molecule has 0 saturated heterocycles. The monoisotopic (exact) mass is 225 g/mol. The zero-order valence-corrected chi connectivity index (χ0v) is 9.18. The summed E-state index contributed by atoms with van der Waals surface area (Å²) >= 11 is 12.2. The lowest BCUT2D eigenvalue weighted by atomic mass is 9.95. The molecule has 1 fully saturated rings. The molecule has 0 bridgehead atoms. The second-order valence-electron chi connectivity index (χ2n) is 3.63. The normalized spacial score (nSPS) is 33.4. The fourth-order valence-corrected chi connectivity index (χ4v) is 2.80. The molecule has 0 amide bonds. The Morgan fingerprint density at radius 1 is 1.29 bits per heavy atom. The lowest BCUT2D eigenvalue weighted by molar-refractivity contribution is 0.791. The minimum Gasteiger partial charge on any atom is -0.197 e. The van der Waals surface area contributed by atoms with Crippen LogP contribution in [0, 0.1) is 17.2 Å². The average molecular weight is 226 g/mol. The van der Waals surface area contributed by atoms with Crippen molar-refractivity contribution in [1.82, 2.24) is 0 Å². The second kappa shape index (κ2) is 2.89. The van der Waals surface area contributed by atoms with Crippen molar-refractivity contribution in [1.29, 1.82) is 5.26 Å². The Bertz CT molecular complexity index is 393. The third kappa shape index (κ3) is 0.960. The van der Waals surface area contributed by atoms with Crippen molar-refractivity contribution in [2.45, 2.75) is 16.7 Å². The van der Waals surface area contributed by atoms with Gasteiger partial charge in [0.15, 0.2) is 0 Å². The van der Waals surface area contributed by atoms with Crippen LogP contribution in [0.3, 0.4) is 0 Å². The van der Waals surface area contributed by atoms with Crippen LogP contribution in [0.25, 0.3) is 0 Å². The molecule has 1 aliphatic rings. The first-order chi connectivity index (χ1) is 6.57. The Labute approximate surface area is 93.2 Å². The Morgan fingerprint density at radius 2 is 1.79 bits per heavy atom.